The van der Waals surface area contributed by atoms with Crippen LogP contribution in [-0.4, -0.2) is 11.9 Å². The second-order valence-corrected chi connectivity index (χ2v) is 3.85. The van der Waals surface area contributed by atoms with Crippen molar-refractivity contribution in [2.24, 2.45) is 5.41 Å². The van der Waals surface area contributed by atoms with Gasteiger partial charge in [0, 0.05) is 5.41 Å². The monoisotopic (exact) mass is 167 g/mol. The Morgan fingerprint density at radius 1 is 1.58 bits per heavy atom. The van der Waals surface area contributed by atoms with Crippen molar-refractivity contribution < 1.29 is 4.79 Å². The maximum absolute atomic E-state index is 11.4. The summed E-state index contributed by atoms with van der Waals surface area (Å²) in [4.78, 5) is 11.4. The third-order valence-electron chi connectivity index (χ3n) is 1.60. The first-order chi connectivity index (χ1) is 5.41. The number of rotatable bonds is 2. The van der Waals surface area contributed by atoms with Gasteiger partial charge in [-0.15, -0.1) is 6.42 Å². The van der Waals surface area contributed by atoms with Gasteiger partial charge in [0.05, 0.1) is 6.04 Å². The summed E-state index contributed by atoms with van der Waals surface area (Å²) < 4.78 is 0. The van der Waals surface area contributed by atoms with Crippen LogP contribution in [0.4, 0.5) is 0 Å². The first kappa shape index (κ1) is 11.0. The van der Waals surface area contributed by atoms with E-state index in [0.29, 0.717) is 0 Å². The molecule has 0 radical (unpaired) electrons. The van der Waals surface area contributed by atoms with Gasteiger partial charge in [-0.2, -0.15) is 0 Å². The Bertz CT molecular complexity index is 195. The minimum atomic E-state index is -0.357. The molecule has 1 unspecified atom stereocenters. The molecule has 0 aromatic carbocycles. The second-order valence-electron chi connectivity index (χ2n) is 3.85. The van der Waals surface area contributed by atoms with Gasteiger partial charge >= 0.3 is 0 Å². The minimum Gasteiger partial charge on any atom is -0.342 e. The number of hydrogen-bond donors (Lipinski definition) is 1. The zero-order chi connectivity index (χ0) is 9.78. The molecule has 0 fully saturated rings. The number of carbonyl (C=O) groups excluding carboxylic acids is 1. The lowest BCUT2D eigenvalue weighted by Crippen LogP contribution is -2.40. The molecule has 0 bridgehead atoms. The average molecular weight is 167 g/mol. The molecule has 0 heterocycles. The molecule has 2 heteroatoms. The minimum absolute atomic E-state index is 0.00676. The third kappa shape index (κ3) is 3.43. The SMILES string of the molecule is C#CC(CC)NC(=O)C(C)(C)C. The van der Waals surface area contributed by atoms with E-state index < -0.39 is 0 Å². The largest absolute Gasteiger partial charge is 0.342 e. The van der Waals surface area contributed by atoms with Crippen molar-refractivity contribution in [2.45, 2.75) is 40.2 Å². The number of nitrogens with one attached hydrogen (secondary N) is 1. The predicted octanol–water partition coefficient (Wildman–Crippen LogP) is 1.56. The molecule has 0 aromatic heterocycles. The Hall–Kier alpha value is -0.970. The van der Waals surface area contributed by atoms with Crippen LogP contribution < -0.4 is 5.32 Å². The number of hydrogen-bond acceptors (Lipinski definition) is 1. The van der Waals surface area contributed by atoms with Crippen molar-refractivity contribution in [3.8, 4) is 12.3 Å². The first-order valence-corrected chi connectivity index (χ1v) is 4.19. The van der Waals surface area contributed by atoms with Gasteiger partial charge in [0.25, 0.3) is 0 Å². The third-order valence-corrected chi connectivity index (χ3v) is 1.60. The van der Waals surface area contributed by atoms with Gasteiger partial charge in [0.15, 0.2) is 0 Å². The van der Waals surface area contributed by atoms with Crippen molar-refractivity contribution >= 4 is 5.91 Å². The summed E-state index contributed by atoms with van der Waals surface area (Å²) in [5.41, 5.74) is -0.357. The van der Waals surface area contributed by atoms with Gasteiger partial charge in [-0.3, -0.25) is 4.79 Å². The van der Waals surface area contributed by atoms with Crippen LogP contribution in [0.25, 0.3) is 0 Å². The maximum atomic E-state index is 11.4. The highest BCUT2D eigenvalue weighted by Crippen LogP contribution is 2.12. The molecule has 0 saturated heterocycles. The quantitative estimate of drug-likeness (QED) is 0.621. The van der Waals surface area contributed by atoms with E-state index in [1.165, 1.54) is 0 Å². The molecule has 2 nitrogen and oxygen atoms in total. The van der Waals surface area contributed by atoms with Crippen LogP contribution in [0.3, 0.4) is 0 Å². The lowest BCUT2D eigenvalue weighted by molar-refractivity contribution is -0.128. The Morgan fingerprint density at radius 3 is 2.33 bits per heavy atom. The molecular formula is C10H17NO. The lowest BCUT2D eigenvalue weighted by Gasteiger charge is -2.20. The van der Waals surface area contributed by atoms with Crippen molar-refractivity contribution in [3.05, 3.63) is 0 Å². The van der Waals surface area contributed by atoms with Gasteiger partial charge in [-0.25, -0.2) is 0 Å². The summed E-state index contributed by atoms with van der Waals surface area (Å²) in [5, 5.41) is 2.78. The van der Waals surface area contributed by atoms with E-state index in [0.717, 1.165) is 6.42 Å². The molecule has 0 aromatic rings. The number of amides is 1. The van der Waals surface area contributed by atoms with E-state index in [2.05, 4.69) is 11.2 Å². The summed E-state index contributed by atoms with van der Waals surface area (Å²) in [5.74, 6) is 2.53. The number of terminal acetylenes is 1. The first-order valence-electron chi connectivity index (χ1n) is 4.19. The van der Waals surface area contributed by atoms with Gasteiger partial charge in [-0.05, 0) is 6.42 Å². The van der Waals surface area contributed by atoms with Gasteiger partial charge in [0.2, 0.25) is 5.91 Å². The predicted molar refractivity (Wildman–Crippen MR) is 50.5 cm³/mol. The van der Waals surface area contributed by atoms with Crippen molar-refractivity contribution in [2.75, 3.05) is 0 Å². The molecule has 0 saturated carbocycles. The standard InChI is InChI=1S/C10H17NO/c1-6-8(7-2)11-9(12)10(3,4)5/h1,8H,7H2,2-5H3,(H,11,12). The van der Waals surface area contributed by atoms with Crippen LogP contribution in [0.15, 0.2) is 0 Å². The molecule has 12 heavy (non-hydrogen) atoms. The second kappa shape index (κ2) is 4.15. The molecule has 1 N–H and O–H groups in total. The lowest BCUT2D eigenvalue weighted by atomic mass is 9.95. The zero-order valence-corrected chi connectivity index (χ0v) is 8.27. The van der Waals surface area contributed by atoms with E-state index in [9.17, 15) is 4.79 Å². The molecule has 0 aliphatic heterocycles. The fourth-order valence-corrected chi connectivity index (χ4v) is 0.636. The highest BCUT2D eigenvalue weighted by Gasteiger charge is 2.22. The van der Waals surface area contributed by atoms with Crippen LogP contribution in [0, 0.1) is 17.8 Å². The van der Waals surface area contributed by atoms with Crippen molar-refractivity contribution in [1.29, 1.82) is 0 Å². The molecular weight excluding hydrogens is 150 g/mol. The summed E-state index contributed by atoms with van der Waals surface area (Å²) in [6, 6.07) is -0.128. The van der Waals surface area contributed by atoms with Gasteiger partial charge in [0.1, 0.15) is 0 Å². The Kier molecular flexibility index (Phi) is 3.82. The van der Waals surface area contributed by atoms with Crippen LogP contribution >= 0.6 is 0 Å². The highest BCUT2D eigenvalue weighted by atomic mass is 16.2. The summed E-state index contributed by atoms with van der Waals surface area (Å²) in [7, 11) is 0. The topological polar surface area (TPSA) is 29.1 Å². The summed E-state index contributed by atoms with van der Waals surface area (Å²) in [6.45, 7) is 7.55. The fraction of sp³-hybridized carbons (Fsp3) is 0.700. The fourth-order valence-electron chi connectivity index (χ4n) is 0.636. The normalized spacial score (nSPS) is 13.2. The van der Waals surface area contributed by atoms with Crippen LogP contribution in [0.1, 0.15) is 34.1 Å². The maximum Gasteiger partial charge on any atom is 0.226 e. The number of carbonyl (C=O) groups is 1. The summed E-state index contributed by atoms with van der Waals surface area (Å²) >= 11 is 0. The molecule has 68 valence electrons. The average Bonchev–Trinajstić information content (AvgIpc) is 1.97. The highest BCUT2D eigenvalue weighted by molar-refractivity contribution is 5.81. The van der Waals surface area contributed by atoms with Crippen molar-refractivity contribution in [1.82, 2.24) is 5.32 Å². The molecule has 0 spiro atoms. The van der Waals surface area contributed by atoms with Crippen LogP contribution in [0.5, 0.6) is 0 Å². The van der Waals surface area contributed by atoms with Gasteiger partial charge in [-0.1, -0.05) is 33.6 Å². The smallest absolute Gasteiger partial charge is 0.226 e. The molecule has 0 aliphatic rings. The molecule has 0 rings (SSSR count). The van der Waals surface area contributed by atoms with E-state index in [4.69, 9.17) is 6.42 Å². The Balaban J connectivity index is 4.11. The van der Waals surface area contributed by atoms with Crippen LogP contribution in [0.2, 0.25) is 0 Å². The molecule has 0 aliphatic carbocycles. The summed E-state index contributed by atoms with van der Waals surface area (Å²) in [6.07, 6.45) is 5.99. The molecule has 1 atom stereocenters. The van der Waals surface area contributed by atoms with Crippen LogP contribution in [-0.2, 0) is 4.79 Å². The van der Waals surface area contributed by atoms with E-state index in [1.54, 1.807) is 0 Å². The zero-order valence-electron chi connectivity index (χ0n) is 8.27. The Morgan fingerprint density at radius 2 is 2.08 bits per heavy atom. The van der Waals surface area contributed by atoms with E-state index >= 15 is 0 Å². The van der Waals surface area contributed by atoms with E-state index in [-0.39, 0.29) is 17.4 Å². The van der Waals surface area contributed by atoms with Gasteiger partial charge < -0.3 is 5.32 Å². The molecule has 1 amide bonds. The Labute approximate surface area is 74.7 Å². The van der Waals surface area contributed by atoms with E-state index in [1.807, 2.05) is 27.7 Å². The van der Waals surface area contributed by atoms with Crippen molar-refractivity contribution in [3.63, 3.8) is 0 Å².